The summed E-state index contributed by atoms with van der Waals surface area (Å²) in [6, 6.07) is 0. The molecule has 0 aliphatic heterocycles. The Morgan fingerprint density at radius 1 is 1.44 bits per heavy atom. The lowest BCUT2D eigenvalue weighted by Crippen LogP contribution is -2.26. The van der Waals surface area contributed by atoms with Crippen molar-refractivity contribution in [2.24, 2.45) is 0 Å². The van der Waals surface area contributed by atoms with Crippen molar-refractivity contribution in [3.63, 3.8) is 0 Å². The Morgan fingerprint density at radius 3 is 3.06 bits per heavy atom. The molecule has 1 N–H and O–H groups in total. The van der Waals surface area contributed by atoms with Crippen molar-refractivity contribution in [1.82, 2.24) is 5.32 Å². The smallest absolute Gasteiger partial charge is 0.407 e. The first-order valence-corrected chi connectivity index (χ1v) is 6.18. The van der Waals surface area contributed by atoms with Crippen LogP contribution in [0.3, 0.4) is 0 Å². The Labute approximate surface area is 108 Å². The molecule has 4 heteroatoms. The summed E-state index contributed by atoms with van der Waals surface area (Å²) in [5, 5.41) is 2.69. The molecular weight excluding hydrogens is 230 g/mol. The van der Waals surface area contributed by atoms with Crippen molar-refractivity contribution in [2.45, 2.75) is 19.8 Å². The molecule has 0 fully saturated rings. The summed E-state index contributed by atoms with van der Waals surface area (Å²) in [6.07, 6.45) is 6.86. The van der Waals surface area contributed by atoms with Gasteiger partial charge in [0.1, 0.15) is 6.61 Å². The Morgan fingerprint density at radius 2 is 2.33 bits per heavy atom. The molecule has 1 aliphatic carbocycles. The zero-order valence-corrected chi connectivity index (χ0v) is 10.7. The molecule has 0 unspecified atom stereocenters. The summed E-state index contributed by atoms with van der Waals surface area (Å²) >= 11 is 0. The fourth-order valence-electron chi connectivity index (χ4n) is 1.33. The third-order valence-corrected chi connectivity index (χ3v) is 2.26. The predicted molar refractivity (Wildman–Crippen MR) is 69.3 cm³/mol. The van der Waals surface area contributed by atoms with Crippen LogP contribution in [0.1, 0.15) is 19.8 Å². The summed E-state index contributed by atoms with van der Waals surface area (Å²) in [5.74, 6) is 0. The quantitative estimate of drug-likeness (QED) is 0.530. The molecule has 0 bridgehead atoms. The van der Waals surface area contributed by atoms with Crippen molar-refractivity contribution in [3.05, 3.63) is 35.3 Å². The highest BCUT2D eigenvalue weighted by atomic mass is 16.5. The summed E-state index contributed by atoms with van der Waals surface area (Å²) in [7, 11) is 0. The van der Waals surface area contributed by atoms with Crippen LogP contribution in [0.5, 0.6) is 0 Å². The molecule has 0 aromatic rings. The lowest BCUT2D eigenvalue weighted by atomic mass is 10.2. The molecule has 1 aliphatic rings. The van der Waals surface area contributed by atoms with Crippen LogP contribution in [0.25, 0.3) is 0 Å². The number of alkyl carbamates (subject to hydrolysis) is 1. The lowest BCUT2D eigenvalue weighted by molar-refractivity contribution is 0.141. The summed E-state index contributed by atoms with van der Waals surface area (Å²) in [4.78, 5) is 11.3. The number of ether oxygens (including phenoxy) is 2. The maximum absolute atomic E-state index is 11.3. The first kappa shape index (κ1) is 14.3. The van der Waals surface area contributed by atoms with Gasteiger partial charge in [-0.25, -0.2) is 4.79 Å². The molecule has 0 spiro atoms. The first-order valence-electron chi connectivity index (χ1n) is 6.18. The highest BCUT2D eigenvalue weighted by Crippen LogP contribution is 1.99. The van der Waals surface area contributed by atoms with E-state index in [0.717, 1.165) is 31.6 Å². The third kappa shape index (κ3) is 6.77. The number of nitrogens with one attached hydrogen (secondary N) is 1. The van der Waals surface area contributed by atoms with Gasteiger partial charge < -0.3 is 14.8 Å². The van der Waals surface area contributed by atoms with Gasteiger partial charge in [0.05, 0.1) is 0 Å². The first-order chi connectivity index (χ1) is 8.83. The molecule has 18 heavy (non-hydrogen) atoms. The van der Waals surface area contributed by atoms with Crippen LogP contribution in [0.2, 0.25) is 0 Å². The van der Waals surface area contributed by atoms with E-state index in [4.69, 9.17) is 9.47 Å². The maximum atomic E-state index is 11.3. The van der Waals surface area contributed by atoms with Crippen LogP contribution in [0, 0.1) is 0 Å². The number of carbonyl (C=O) groups is 1. The van der Waals surface area contributed by atoms with Gasteiger partial charge in [-0.2, -0.15) is 0 Å². The normalized spacial score (nSPS) is 12.4. The molecule has 0 radical (unpaired) electrons. The minimum atomic E-state index is -0.399. The van der Waals surface area contributed by atoms with Crippen LogP contribution in [0.4, 0.5) is 4.79 Å². The van der Waals surface area contributed by atoms with Gasteiger partial charge in [0.15, 0.2) is 0 Å². The minimum absolute atomic E-state index is 0.224. The Bertz CT molecular complexity index is 386. The Balaban J connectivity index is 2.02. The summed E-state index contributed by atoms with van der Waals surface area (Å²) < 4.78 is 10.2. The molecular formula is C14H19NO3. The Kier molecular flexibility index (Phi) is 7.42. The zero-order chi connectivity index (χ0) is 13.1. The Hall–Kier alpha value is -1.73. The molecule has 0 aromatic carbocycles. The molecule has 0 atom stereocenters. The van der Waals surface area contributed by atoms with Gasteiger partial charge in [0.2, 0.25) is 0 Å². The number of carbonyl (C=O) groups excluding carboxylic acids is 1. The second-order valence-corrected chi connectivity index (χ2v) is 3.73. The fourth-order valence-corrected chi connectivity index (χ4v) is 1.33. The monoisotopic (exact) mass is 249 g/mol. The number of hydrogen-bond donors (Lipinski definition) is 1. The van der Waals surface area contributed by atoms with Gasteiger partial charge in [0, 0.05) is 25.3 Å². The second-order valence-electron chi connectivity index (χ2n) is 3.73. The van der Waals surface area contributed by atoms with Crippen LogP contribution in [0.15, 0.2) is 35.3 Å². The van der Waals surface area contributed by atoms with E-state index in [0.29, 0.717) is 6.54 Å². The van der Waals surface area contributed by atoms with E-state index in [-0.39, 0.29) is 6.61 Å². The van der Waals surface area contributed by atoms with Gasteiger partial charge in [-0.15, -0.1) is 0 Å². The fraction of sp³-hybridized carbons (Fsp3) is 0.500. The molecule has 1 amide bonds. The van der Waals surface area contributed by atoms with Crippen LogP contribution in [-0.2, 0) is 9.47 Å². The van der Waals surface area contributed by atoms with E-state index in [1.165, 1.54) is 0 Å². The maximum Gasteiger partial charge on any atom is 0.407 e. The van der Waals surface area contributed by atoms with E-state index in [1.807, 2.05) is 19.1 Å². The van der Waals surface area contributed by atoms with Crippen molar-refractivity contribution in [1.29, 1.82) is 0 Å². The highest BCUT2D eigenvalue weighted by Gasteiger charge is 2.02. The van der Waals surface area contributed by atoms with Crippen molar-refractivity contribution < 1.29 is 14.3 Å². The molecule has 0 saturated heterocycles. The lowest BCUT2D eigenvalue weighted by Gasteiger charge is -2.06. The zero-order valence-electron chi connectivity index (χ0n) is 10.7. The standard InChI is InChI=1S/C14H19NO3/c1-2-17-11-7-6-10-15-14(16)18-12-13-8-4-3-5-9-13/h3-4,8H,2,6-7,10-12H2,1H3,(H,15,16). The van der Waals surface area contributed by atoms with E-state index in [9.17, 15) is 4.79 Å². The average Bonchev–Trinajstić information content (AvgIpc) is 2.41. The predicted octanol–water partition coefficient (Wildman–Crippen LogP) is 2.34. The van der Waals surface area contributed by atoms with Crippen molar-refractivity contribution in [2.75, 3.05) is 26.4 Å². The molecule has 4 nitrogen and oxygen atoms in total. The SMILES string of the molecule is CCOCCCCNC(=O)OCC1=C=C=CC=C1. The largest absolute Gasteiger partial charge is 0.444 e. The molecule has 0 heterocycles. The topological polar surface area (TPSA) is 47.6 Å². The van der Waals surface area contributed by atoms with Crippen LogP contribution in [-0.4, -0.2) is 32.5 Å². The van der Waals surface area contributed by atoms with Crippen LogP contribution < -0.4 is 5.32 Å². The van der Waals surface area contributed by atoms with Crippen molar-refractivity contribution in [3.8, 4) is 0 Å². The summed E-state index contributed by atoms with van der Waals surface area (Å²) in [6.45, 7) is 4.27. The second kappa shape index (κ2) is 9.32. The van der Waals surface area contributed by atoms with Gasteiger partial charge in [0.25, 0.3) is 0 Å². The molecule has 0 saturated carbocycles. The molecule has 98 valence electrons. The number of rotatable bonds is 8. The van der Waals surface area contributed by atoms with Crippen LogP contribution >= 0.6 is 0 Å². The minimum Gasteiger partial charge on any atom is -0.444 e. The molecule has 0 aromatic heterocycles. The number of hydrogen-bond acceptors (Lipinski definition) is 3. The number of unbranched alkanes of at least 4 members (excludes halogenated alkanes) is 1. The van der Waals surface area contributed by atoms with Gasteiger partial charge in [-0.1, -0.05) is 17.5 Å². The van der Waals surface area contributed by atoms with E-state index in [2.05, 4.69) is 16.8 Å². The van der Waals surface area contributed by atoms with E-state index in [1.54, 1.807) is 6.08 Å². The number of amides is 1. The third-order valence-electron chi connectivity index (χ3n) is 2.26. The van der Waals surface area contributed by atoms with Gasteiger partial charge in [-0.3, -0.25) is 0 Å². The summed E-state index contributed by atoms with van der Waals surface area (Å²) in [5.41, 5.74) is 6.48. The van der Waals surface area contributed by atoms with E-state index < -0.39 is 6.09 Å². The van der Waals surface area contributed by atoms with E-state index >= 15 is 0 Å². The van der Waals surface area contributed by atoms with Gasteiger partial charge >= 0.3 is 6.09 Å². The highest BCUT2D eigenvalue weighted by molar-refractivity contribution is 5.67. The van der Waals surface area contributed by atoms with Gasteiger partial charge in [-0.05, 0) is 31.9 Å². The average molecular weight is 249 g/mol. The van der Waals surface area contributed by atoms with Crippen molar-refractivity contribution >= 4 is 6.09 Å². The molecule has 1 rings (SSSR count). The number of allylic oxidation sites excluding steroid dienone is 2.